The summed E-state index contributed by atoms with van der Waals surface area (Å²) in [4.78, 5) is 4.50. The maximum atomic E-state index is 5.51. The number of aryl methyl sites for hydroxylation is 1. The van der Waals surface area contributed by atoms with Crippen LogP contribution in [0.3, 0.4) is 0 Å². The van der Waals surface area contributed by atoms with Gasteiger partial charge in [-0.25, -0.2) is 0 Å². The maximum absolute atomic E-state index is 5.51. The second kappa shape index (κ2) is 14.7. The zero-order valence-corrected chi connectivity index (χ0v) is 16.9. The van der Waals surface area contributed by atoms with Crippen LogP contribution in [0, 0.1) is 0 Å². The summed E-state index contributed by atoms with van der Waals surface area (Å²) in [6.07, 6.45) is 4.94. The van der Waals surface area contributed by atoms with Gasteiger partial charge in [-0.15, -0.1) is 34.2 Å². The van der Waals surface area contributed by atoms with E-state index in [0.717, 1.165) is 57.3 Å². The molecule has 0 amide bonds. The molecule has 0 fully saturated rings. The number of halogens is 1. The van der Waals surface area contributed by atoms with Crippen LogP contribution in [0.15, 0.2) is 11.3 Å². The summed E-state index contributed by atoms with van der Waals surface area (Å²) < 4.78 is 7.57. The minimum absolute atomic E-state index is 0. The molecule has 0 saturated carbocycles. The Labute approximate surface area is 156 Å². The standard InChI is InChI=1S/C15H30N6O.HI/c1-4-7-11-22-12-9-18-15(16-6-3)17-8-10-21-13-19-20-14(21)5-2;/h13H,4-12H2,1-3H3,(H2,16,17,18);1H. The first-order valence-corrected chi connectivity index (χ1v) is 8.28. The lowest BCUT2D eigenvalue weighted by Crippen LogP contribution is -2.39. The molecule has 0 aliphatic carbocycles. The summed E-state index contributed by atoms with van der Waals surface area (Å²) in [5.74, 6) is 1.83. The highest BCUT2D eigenvalue weighted by molar-refractivity contribution is 14.0. The molecular formula is C15H31IN6O. The molecule has 1 rings (SSSR count). The summed E-state index contributed by atoms with van der Waals surface area (Å²) in [5.41, 5.74) is 0. The molecule has 1 aromatic rings. The highest BCUT2D eigenvalue weighted by Gasteiger charge is 2.02. The van der Waals surface area contributed by atoms with Crippen molar-refractivity contribution in [1.29, 1.82) is 0 Å². The van der Waals surface area contributed by atoms with Gasteiger partial charge in [0, 0.05) is 32.7 Å². The van der Waals surface area contributed by atoms with Crippen molar-refractivity contribution in [3.63, 3.8) is 0 Å². The first kappa shape index (κ1) is 22.1. The molecule has 0 radical (unpaired) electrons. The number of aliphatic imine (C=N–C) groups is 1. The van der Waals surface area contributed by atoms with Gasteiger partial charge in [-0.05, 0) is 13.3 Å². The lowest BCUT2D eigenvalue weighted by Gasteiger charge is -2.12. The largest absolute Gasteiger partial charge is 0.380 e. The number of guanidine groups is 1. The van der Waals surface area contributed by atoms with Crippen LogP contribution in [-0.2, 0) is 17.7 Å². The van der Waals surface area contributed by atoms with Gasteiger partial charge in [0.25, 0.3) is 0 Å². The molecule has 7 nitrogen and oxygen atoms in total. The maximum Gasteiger partial charge on any atom is 0.191 e. The fraction of sp³-hybridized carbons (Fsp3) is 0.800. The average molecular weight is 438 g/mol. The van der Waals surface area contributed by atoms with E-state index in [-0.39, 0.29) is 24.0 Å². The molecule has 0 bridgehead atoms. The molecule has 2 N–H and O–H groups in total. The molecular weight excluding hydrogens is 407 g/mol. The highest BCUT2D eigenvalue weighted by atomic mass is 127. The number of unbranched alkanes of at least 4 members (excludes halogenated alkanes) is 1. The van der Waals surface area contributed by atoms with Crippen LogP contribution >= 0.6 is 24.0 Å². The fourth-order valence-electron chi connectivity index (χ4n) is 1.95. The number of nitrogens with one attached hydrogen (secondary N) is 2. The van der Waals surface area contributed by atoms with E-state index in [9.17, 15) is 0 Å². The van der Waals surface area contributed by atoms with Crippen molar-refractivity contribution in [1.82, 2.24) is 25.4 Å². The second-order valence-electron chi connectivity index (χ2n) is 4.95. The molecule has 0 aliphatic heterocycles. The Bertz CT molecular complexity index is 424. The van der Waals surface area contributed by atoms with Gasteiger partial charge >= 0.3 is 0 Å². The van der Waals surface area contributed by atoms with Crippen molar-refractivity contribution in [2.24, 2.45) is 4.99 Å². The van der Waals surface area contributed by atoms with Gasteiger partial charge < -0.3 is 19.9 Å². The third-order valence-electron chi connectivity index (χ3n) is 3.15. The Morgan fingerprint density at radius 3 is 2.78 bits per heavy atom. The second-order valence-corrected chi connectivity index (χ2v) is 4.95. The highest BCUT2D eigenvalue weighted by Crippen LogP contribution is 1.94. The van der Waals surface area contributed by atoms with Crippen molar-refractivity contribution in [3.05, 3.63) is 12.2 Å². The Balaban J connectivity index is 0.00000484. The monoisotopic (exact) mass is 438 g/mol. The van der Waals surface area contributed by atoms with E-state index < -0.39 is 0 Å². The Morgan fingerprint density at radius 2 is 2.09 bits per heavy atom. The fourth-order valence-corrected chi connectivity index (χ4v) is 1.95. The third-order valence-corrected chi connectivity index (χ3v) is 3.15. The zero-order valence-electron chi connectivity index (χ0n) is 14.5. The van der Waals surface area contributed by atoms with Crippen LogP contribution in [0.2, 0.25) is 0 Å². The Morgan fingerprint density at radius 1 is 1.26 bits per heavy atom. The molecule has 23 heavy (non-hydrogen) atoms. The Hall–Kier alpha value is -0.900. The summed E-state index contributed by atoms with van der Waals surface area (Å²) in [7, 11) is 0. The zero-order chi connectivity index (χ0) is 16.0. The van der Waals surface area contributed by atoms with Crippen LogP contribution in [0.4, 0.5) is 0 Å². The summed E-state index contributed by atoms with van der Waals surface area (Å²) in [6.45, 7) is 10.9. The normalized spacial score (nSPS) is 11.2. The van der Waals surface area contributed by atoms with Crippen molar-refractivity contribution in [3.8, 4) is 0 Å². The quantitative estimate of drug-likeness (QED) is 0.239. The molecule has 0 aliphatic rings. The number of nitrogens with zero attached hydrogens (tertiary/aromatic N) is 4. The molecule has 1 aromatic heterocycles. The smallest absolute Gasteiger partial charge is 0.191 e. The van der Waals surface area contributed by atoms with Crippen LogP contribution in [-0.4, -0.2) is 53.6 Å². The molecule has 134 valence electrons. The van der Waals surface area contributed by atoms with Crippen LogP contribution < -0.4 is 10.6 Å². The van der Waals surface area contributed by atoms with Crippen molar-refractivity contribution < 1.29 is 4.74 Å². The minimum Gasteiger partial charge on any atom is -0.380 e. The van der Waals surface area contributed by atoms with E-state index in [2.05, 4.69) is 51.2 Å². The molecule has 0 unspecified atom stereocenters. The summed E-state index contributed by atoms with van der Waals surface area (Å²) >= 11 is 0. The number of ether oxygens (including phenoxy) is 1. The van der Waals surface area contributed by atoms with E-state index >= 15 is 0 Å². The van der Waals surface area contributed by atoms with E-state index in [1.165, 1.54) is 0 Å². The molecule has 0 saturated heterocycles. The van der Waals surface area contributed by atoms with Crippen molar-refractivity contribution in [2.45, 2.75) is 46.6 Å². The first-order valence-electron chi connectivity index (χ1n) is 8.28. The van der Waals surface area contributed by atoms with Gasteiger partial charge in [0.2, 0.25) is 0 Å². The lowest BCUT2D eigenvalue weighted by atomic mass is 10.4. The van der Waals surface area contributed by atoms with E-state index in [1.54, 1.807) is 6.33 Å². The number of aromatic nitrogens is 3. The molecule has 0 atom stereocenters. The van der Waals surface area contributed by atoms with Gasteiger partial charge in [0.05, 0.1) is 13.2 Å². The molecule has 0 aromatic carbocycles. The lowest BCUT2D eigenvalue weighted by molar-refractivity contribution is 0.139. The molecule has 1 heterocycles. The van der Waals surface area contributed by atoms with E-state index in [1.807, 2.05) is 0 Å². The van der Waals surface area contributed by atoms with Crippen LogP contribution in [0.5, 0.6) is 0 Å². The van der Waals surface area contributed by atoms with Crippen LogP contribution in [0.1, 0.15) is 39.4 Å². The topological polar surface area (TPSA) is 76.4 Å². The van der Waals surface area contributed by atoms with E-state index in [0.29, 0.717) is 13.2 Å². The van der Waals surface area contributed by atoms with Gasteiger partial charge in [0.15, 0.2) is 5.96 Å². The molecule has 8 heteroatoms. The van der Waals surface area contributed by atoms with Gasteiger partial charge in [0.1, 0.15) is 12.2 Å². The van der Waals surface area contributed by atoms with Crippen molar-refractivity contribution >= 4 is 29.9 Å². The third kappa shape index (κ3) is 9.75. The first-order chi connectivity index (χ1) is 10.8. The number of rotatable bonds is 11. The Kier molecular flexibility index (Phi) is 14.1. The summed E-state index contributed by atoms with van der Waals surface area (Å²) in [5, 5.41) is 14.6. The van der Waals surface area contributed by atoms with Crippen LogP contribution in [0.25, 0.3) is 0 Å². The molecule has 0 spiro atoms. The van der Waals surface area contributed by atoms with Gasteiger partial charge in [-0.1, -0.05) is 20.3 Å². The average Bonchev–Trinajstić information content (AvgIpc) is 2.98. The minimum atomic E-state index is 0. The SMILES string of the molecule is CCCCOCCN=C(NCC)NCCn1cnnc1CC.I. The predicted octanol–water partition coefficient (Wildman–Crippen LogP) is 1.83. The number of hydrogen-bond donors (Lipinski definition) is 2. The van der Waals surface area contributed by atoms with Gasteiger partial charge in [-0.2, -0.15) is 0 Å². The van der Waals surface area contributed by atoms with Crippen molar-refractivity contribution in [2.75, 3.05) is 32.8 Å². The van der Waals surface area contributed by atoms with E-state index in [4.69, 9.17) is 4.74 Å². The number of hydrogen-bond acceptors (Lipinski definition) is 4. The predicted molar refractivity (Wildman–Crippen MR) is 105 cm³/mol. The summed E-state index contributed by atoms with van der Waals surface area (Å²) in [6, 6.07) is 0. The van der Waals surface area contributed by atoms with Gasteiger partial charge in [-0.3, -0.25) is 4.99 Å².